The Morgan fingerprint density at radius 1 is 0.395 bits per heavy atom. The quantitative estimate of drug-likeness (QED) is 0.0522. The number of nitrogens with one attached hydrogen (secondary N) is 3. The molecule has 5 fully saturated rings. The Bertz CT molecular complexity index is 4820. The van der Waals surface area contributed by atoms with Crippen LogP contribution >= 0.6 is 0 Å². The zero-order valence-corrected chi connectivity index (χ0v) is 64.1. The molecule has 5 saturated heterocycles. The third-order valence-electron chi connectivity index (χ3n) is 21.1. The maximum Gasteiger partial charge on any atom is 0.231 e. The zero-order chi connectivity index (χ0) is 77.0. The minimum Gasteiger partial charge on any atom is -0.496 e. The van der Waals surface area contributed by atoms with Crippen molar-refractivity contribution in [2.75, 3.05) is 181 Å². The molecular formula is C85H94N26O3. The number of methoxy groups -OCH3 is 1. The smallest absolute Gasteiger partial charge is 0.231 e. The van der Waals surface area contributed by atoms with Crippen molar-refractivity contribution in [3.63, 3.8) is 0 Å². The van der Waals surface area contributed by atoms with E-state index in [2.05, 4.69) is 217 Å². The fraction of sp³-hybridized carbons (Fsp3) is 0.329. The number of piperazine rings is 3. The molecule has 0 spiro atoms. The molecule has 582 valence electrons. The van der Waals surface area contributed by atoms with Crippen LogP contribution in [0.3, 0.4) is 0 Å². The first-order chi connectivity index (χ1) is 56.2. The van der Waals surface area contributed by atoms with Crippen molar-refractivity contribution in [2.45, 2.75) is 51.2 Å². The Morgan fingerprint density at radius 2 is 0.877 bits per heavy atom. The molecule has 6 aliphatic rings. The van der Waals surface area contributed by atoms with Gasteiger partial charge in [-0.15, -0.1) is 0 Å². The van der Waals surface area contributed by atoms with Crippen LogP contribution < -0.4 is 59.9 Å². The van der Waals surface area contributed by atoms with Crippen molar-refractivity contribution in [3.8, 4) is 5.75 Å². The topological polar surface area (TPSA) is 294 Å². The highest BCUT2D eigenvalue weighted by atomic mass is 16.5. The molecule has 0 unspecified atom stereocenters. The number of aliphatic hydroxyl groups is 1. The number of nitrogens with zero attached hydrogens (tertiary/aromatic N) is 23. The number of aliphatic hydroxyl groups excluding tert-OH is 1. The van der Waals surface area contributed by atoms with Crippen molar-refractivity contribution < 1.29 is 14.6 Å². The predicted octanol–water partition coefficient (Wildman–Crippen LogP) is 8.88. The van der Waals surface area contributed by atoms with E-state index >= 15 is 0 Å². The molecule has 0 amide bonds. The van der Waals surface area contributed by atoms with Gasteiger partial charge in [-0.1, -0.05) is 97.1 Å². The molecule has 12 aromatic rings. The van der Waals surface area contributed by atoms with Gasteiger partial charge in [0.05, 0.1) is 44.5 Å². The van der Waals surface area contributed by atoms with E-state index in [1.807, 2.05) is 91.8 Å². The zero-order valence-electron chi connectivity index (χ0n) is 64.1. The number of hydrogen-bond acceptors (Lipinski definition) is 29. The second-order valence-corrected chi connectivity index (χ2v) is 28.8. The fourth-order valence-electron chi connectivity index (χ4n) is 14.8. The molecule has 12 heterocycles. The van der Waals surface area contributed by atoms with E-state index < -0.39 is 0 Å². The van der Waals surface area contributed by atoms with Crippen LogP contribution in [-0.2, 0) is 43.4 Å². The van der Waals surface area contributed by atoms with Gasteiger partial charge in [-0.3, -0.25) is 0 Å². The molecule has 6 aliphatic heterocycles. The number of rotatable bonds is 21. The summed E-state index contributed by atoms with van der Waals surface area (Å²) >= 11 is 0. The number of benzene rings is 6. The predicted molar refractivity (Wildman–Crippen MR) is 443 cm³/mol. The van der Waals surface area contributed by atoms with Gasteiger partial charge in [-0.05, 0) is 118 Å². The van der Waals surface area contributed by atoms with Crippen LogP contribution in [0.4, 0.5) is 70.1 Å². The second kappa shape index (κ2) is 37.1. The molecule has 18 rings (SSSR count). The van der Waals surface area contributed by atoms with Gasteiger partial charge in [0, 0.05) is 184 Å². The third kappa shape index (κ3) is 19.9. The molecule has 29 nitrogen and oxygen atoms in total. The summed E-state index contributed by atoms with van der Waals surface area (Å²) < 4.78 is 10.9. The average Bonchev–Trinajstić information content (AvgIpc) is 1.05. The Hall–Kier alpha value is -12.7. The summed E-state index contributed by atoms with van der Waals surface area (Å²) in [7, 11) is 1.69. The molecule has 0 saturated carbocycles. The normalized spacial score (nSPS) is 16.3. The second-order valence-electron chi connectivity index (χ2n) is 28.8. The molecule has 6 aromatic heterocycles. The van der Waals surface area contributed by atoms with Gasteiger partial charge >= 0.3 is 0 Å². The largest absolute Gasteiger partial charge is 0.496 e. The van der Waals surface area contributed by atoms with E-state index in [-0.39, 0.29) is 6.10 Å². The van der Waals surface area contributed by atoms with Crippen molar-refractivity contribution in [1.82, 2.24) is 80.1 Å². The van der Waals surface area contributed by atoms with Gasteiger partial charge in [-0.25, -0.2) is 59.8 Å². The fourth-order valence-corrected chi connectivity index (χ4v) is 14.8. The van der Waals surface area contributed by atoms with Crippen LogP contribution in [0.15, 0.2) is 208 Å². The summed E-state index contributed by atoms with van der Waals surface area (Å²) in [4.78, 5) is 86.2. The summed E-state index contributed by atoms with van der Waals surface area (Å²) in [5.41, 5.74) is 14.9. The Labute approximate surface area is 663 Å². The van der Waals surface area contributed by atoms with Crippen molar-refractivity contribution in [1.29, 1.82) is 0 Å². The highest BCUT2D eigenvalue weighted by Crippen LogP contribution is 2.28. The summed E-state index contributed by atoms with van der Waals surface area (Å²) in [6, 6.07) is 52.0. The summed E-state index contributed by atoms with van der Waals surface area (Å²) in [6.07, 6.45) is 20.7. The number of aromatic nitrogens is 15. The van der Waals surface area contributed by atoms with Crippen LogP contribution in [0.2, 0.25) is 0 Å². The van der Waals surface area contributed by atoms with Gasteiger partial charge in [0.25, 0.3) is 0 Å². The molecule has 0 bridgehead atoms. The summed E-state index contributed by atoms with van der Waals surface area (Å²) in [5, 5.41) is 19.9. The van der Waals surface area contributed by atoms with Crippen LogP contribution in [-0.4, -0.2) is 218 Å². The van der Waals surface area contributed by atoms with E-state index in [0.29, 0.717) is 31.3 Å². The van der Waals surface area contributed by atoms with Crippen LogP contribution in [0.5, 0.6) is 5.75 Å². The van der Waals surface area contributed by atoms with Gasteiger partial charge < -0.3 is 69.7 Å². The number of fused-ring (bicyclic) bond motifs is 1. The molecule has 0 aliphatic carbocycles. The minimum atomic E-state index is -0.224. The molecule has 0 radical (unpaired) electrons. The SMILES string of the molecule is COc1ccccc1Cc1cnc(N2CCN(c3ncnc(Nc4ccc5c(c4)CNCC5)n3)CC2)nc1.O[C@H]1CCN(c2ccc(Cc3ncnc(N4CCN(c5ncc(Cc6ccccc6)cn5)CC4)n3)cc2)C1.c1ccc(Nc2cnc(N3CCN(c4ncnc(Cc5ccc(N6CCOCC6)cc5)n4)CC3)nc2)cc1. The van der Waals surface area contributed by atoms with E-state index in [1.54, 1.807) is 26.1 Å². The van der Waals surface area contributed by atoms with E-state index in [0.717, 1.165) is 242 Å². The van der Waals surface area contributed by atoms with Crippen LogP contribution in [0.1, 0.15) is 62.6 Å². The first kappa shape index (κ1) is 75.3. The Kier molecular flexibility index (Phi) is 24.5. The summed E-state index contributed by atoms with van der Waals surface area (Å²) in [6.45, 7) is 16.5. The van der Waals surface area contributed by atoms with E-state index in [9.17, 15) is 5.11 Å². The molecule has 29 heteroatoms. The maximum atomic E-state index is 9.79. The van der Waals surface area contributed by atoms with Crippen molar-refractivity contribution in [2.24, 2.45) is 0 Å². The highest BCUT2D eigenvalue weighted by Gasteiger charge is 2.27. The lowest BCUT2D eigenvalue weighted by Gasteiger charge is -2.34. The number of morpholine rings is 1. The highest BCUT2D eigenvalue weighted by molar-refractivity contribution is 5.60. The lowest BCUT2D eigenvalue weighted by molar-refractivity contribution is 0.122. The van der Waals surface area contributed by atoms with Gasteiger partial charge in [-0.2, -0.15) is 15.0 Å². The van der Waals surface area contributed by atoms with Crippen LogP contribution in [0.25, 0.3) is 0 Å². The summed E-state index contributed by atoms with van der Waals surface area (Å²) in [5.74, 6) is 7.34. The average molecular weight is 1530 g/mol. The monoisotopic (exact) mass is 1530 g/mol. The molecule has 114 heavy (non-hydrogen) atoms. The number of para-hydroxylation sites is 2. The van der Waals surface area contributed by atoms with Gasteiger partial charge in [0.2, 0.25) is 41.6 Å². The Balaban J connectivity index is 0.000000129. The molecule has 1 atom stereocenters. The number of anilines is 12. The van der Waals surface area contributed by atoms with Gasteiger partial charge in [0.15, 0.2) is 0 Å². The first-order valence-electron chi connectivity index (χ1n) is 39.2. The number of hydrogen-bond donors (Lipinski definition) is 4. The van der Waals surface area contributed by atoms with Crippen molar-refractivity contribution in [3.05, 3.63) is 264 Å². The third-order valence-corrected chi connectivity index (χ3v) is 21.1. The standard InChI is InChI=1S/C29H32N8O.2C28H31N9O/c38-26-10-11-37(20-26)25-8-6-23(7-9-25)17-27-32-21-33-29(34-27)36-14-12-35(13-15-36)28-30-18-24(19-31-28)16-22-4-2-1-3-5-22;1-38-25-5-3-2-4-22(25)14-20-16-30-27(31-17-20)36-10-12-37(13-11-36)28-33-19-32-26(35-28)34-24-7-6-21-8-9-29-18-23(21)15-24;1-2-4-23(5-3-1)33-24-19-29-27(30-20-24)36-10-12-37(13-11-36)28-32-21-31-26(34-28)18-22-6-8-25(9-7-22)35-14-16-38-17-15-35/h1-9,18-19,21,26,38H,10-17,20H2;2-7,15-17,19,29H,8-14,18H2,1H3,(H,32,33,34,35);1-9,19-21,33H,10-18H2/t26-;;/m0../s1. The first-order valence-corrected chi connectivity index (χ1v) is 39.2. The van der Waals surface area contributed by atoms with Crippen molar-refractivity contribution >= 4 is 70.1 Å². The molecule has 4 N–H and O–H groups in total. The van der Waals surface area contributed by atoms with Gasteiger partial charge in [0.1, 0.15) is 36.4 Å². The minimum absolute atomic E-state index is 0.224. The number of ether oxygens (including phenoxy) is 2. The van der Waals surface area contributed by atoms with Crippen LogP contribution in [0, 0.1) is 0 Å². The Morgan fingerprint density at radius 3 is 1.42 bits per heavy atom. The molecular weight excluding hydrogens is 1430 g/mol. The van der Waals surface area contributed by atoms with E-state index in [4.69, 9.17) is 19.4 Å². The van der Waals surface area contributed by atoms with E-state index in [1.165, 1.54) is 27.9 Å². The lowest BCUT2D eigenvalue weighted by atomic mass is 10.0. The lowest BCUT2D eigenvalue weighted by Crippen LogP contribution is -2.47. The number of β-amino-alcohol motifs (C(OH)–C–C–N with tert-alkyl or cyclic N) is 1. The maximum absolute atomic E-state index is 9.79. The molecule has 6 aromatic carbocycles.